The fourth-order valence-electron chi connectivity index (χ4n) is 2.31. The molecule has 0 saturated heterocycles. The van der Waals surface area contributed by atoms with Crippen LogP contribution >= 0.6 is 0 Å². The number of rotatable bonds is 4. The van der Waals surface area contributed by atoms with E-state index >= 15 is 0 Å². The molecule has 0 amide bonds. The predicted molar refractivity (Wildman–Crippen MR) is 94.3 cm³/mol. The lowest BCUT2D eigenvalue weighted by Crippen LogP contribution is -2.37. The quantitative estimate of drug-likeness (QED) is 0.875. The average Bonchev–Trinajstić information content (AvgIpc) is 2.46. The molecular formula is C18H25NOSi. The van der Waals surface area contributed by atoms with Crippen LogP contribution in [0.2, 0.25) is 19.6 Å². The first-order chi connectivity index (χ1) is 9.79. The largest absolute Gasteiger partial charge is 0.384 e. The molecule has 2 rings (SSSR count). The minimum absolute atomic E-state index is 0.558. The molecule has 0 bridgehead atoms. The SMILES string of the molecule is CN(C)c1ccc(C(O)c2ccc([Si](C)(C)C)cc2)cc1. The van der Waals surface area contributed by atoms with Gasteiger partial charge in [0.1, 0.15) is 6.10 Å². The Balaban J connectivity index is 2.21. The molecule has 3 heteroatoms. The van der Waals surface area contributed by atoms with Gasteiger partial charge in [0.15, 0.2) is 0 Å². The van der Waals surface area contributed by atoms with Crippen molar-refractivity contribution in [2.45, 2.75) is 25.7 Å². The van der Waals surface area contributed by atoms with Gasteiger partial charge >= 0.3 is 0 Å². The van der Waals surface area contributed by atoms with Crippen LogP contribution in [0.5, 0.6) is 0 Å². The van der Waals surface area contributed by atoms with E-state index in [1.165, 1.54) is 5.19 Å². The molecule has 2 aromatic rings. The van der Waals surface area contributed by atoms with Crippen LogP contribution in [-0.4, -0.2) is 27.3 Å². The number of aliphatic hydroxyl groups is 1. The van der Waals surface area contributed by atoms with Crippen LogP contribution in [0.15, 0.2) is 48.5 Å². The summed E-state index contributed by atoms with van der Waals surface area (Å²) in [4.78, 5) is 2.05. The van der Waals surface area contributed by atoms with Crippen LogP contribution in [0.25, 0.3) is 0 Å². The van der Waals surface area contributed by atoms with Crippen LogP contribution in [0, 0.1) is 0 Å². The van der Waals surface area contributed by atoms with E-state index in [9.17, 15) is 5.11 Å². The second-order valence-corrected chi connectivity index (χ2v) is 11.8. The molecule has 1 N–H and O–H groups in total. The molecule has 0 saturated carbocycles. The lowest BCUT2D eigenvalue weighted by Gasteiger charge is -2.19. The summed E-state index contributed by atoms with van der Waals surface area (Å²) in [6, 6.07) is 16.5. The van der Waals surface area contributed by atoms with Crippen molar-refractivity contribution in [1.82, 2.24) is 0 Å². The monoisotopic (exact) mass is 299 g/mol. The minimum atomic E-state index is -1.28. The van der Waals surface area contributed by atoms with Crippen LogP contribution in [0.3, 0.4) is 0 Å². The lowest BCUT2D eigenvalue weighted by molar-refractivity contribution is 0.220. The average molecular weight is 299 g/mol. The standard InChI is InChI=1S/C18H25NOSi/c1-19(2)16-10-6-14(7-11-16)18(20)15-8-12-17(13-9-15)21(3,4)5/h6-13,18,20H,1-5H3. The number of aliphatic hydroxyl groups excluding tert-OH is 1. The number of hydrogen-bond donors (Lipinski definition) is 1. The highest BCUT2D eigenvalue weighted by atomic mass is 28.3. The van der Waals surface area contributed by atoms with Gasteiger partial charge in [-0.05, 0) is 23.3 Å². The van der Waals surface area contributed by atoms with Crippen LogP contribution in [-0.2, 0) is 0 Å². The molecule has 0 aliphatic heterocycles. The maximum atomic E-state index is 10.5. The van der Waals surface area contributed by atoms with Crippen LogP contribution in [0.4, 0.5) is 5.69 Å². The fourth-order valence-corrected chi connectivity index (χ4v) is 3.48. The maximum Gasteiger partial charge on any atom is 0.104 e. The van der Waals surface area contributed by atoms with Gasteiger partial charge in [0, 0.05) is 19.8 Å². The molecule has 0 aromatic heterocycles. The summed E-state index contributed by atoms with van der Waals surface area (Å²) in [6.07, 6.45) is -0.558. The van der Waals surface area contributed by atoms with Gasteiger partial charge in [-0.25, -0.2) is 0 Å². The van der Waals surface area contributed by atoms with Crippen molar-refractivity contribution >= 4 is 18.9 Å². The third-order valence-corrected chi connectivity index (χ3v) is 5.88. The van der Waals surface area contributed by atoms with Crippen molar-refractivity contribution in [3.8, 4) is 0 Å². The number of nitrogens with zero attached hydrogens (tertiary/aromatic N) is 1. The van der Waals surface area contributed by atoms with Crippen molar-refractivity contribution in [2.75, 3.05) is 19.0 Å². The summed E-state index contributed by atoms with van der Waals surface area (Å²) in [5.41, 5.74) is 3.02. The van der Waals surface area contributed by atoms with Crippen molar-refractivity contribution in [3.05, 3.63) is 59.7 Å². The molecule has 0 aliphatic carbocycles. The van der Waals surface area contributed by atoms with Gasteiger partial charge in [-0.15, -0.1) is 0 Å². The Bertz CT molecular complexity index is 582. The zero-order chi connectivity index (χ0) is 15.6. The molecule has 0 fully saturated rings. The molecular weight excluding hydrogens is 274 g/mol. The van der Waals surface area contributed by atoms with Gasteiger partial charge in [-0.3, -0.25) is 0 Å². The molecule has 0 heterocycles. The van der Waals surface area contributed by atoms with Gasteiger partial charge in [0.25, 0.3) is 0 Å². The van der Waals surface area contributed by atoms with E-state index in [0.29, 0.717) is 0 Å². The number of benzene rings is 2. The Morgan fingerprint density at radius 2 is 1.24 bits per heavy atom. The number of anilines is 1. The van der Waals surface area contributed by atoms with E-state index in [4.69, 9.17) is 0 Å². The smallest absolute Gasteiger partial charge is 0.104 e. The molecule has 0 aliphatic rings. The van der Waals surface area contributed by atoms with Gasteiger partial charge in [0.2, 0.25) is 0 Å². The van der Waals surface area contributed by atoms with Crippen LogP contribution < -0.4 is 10.1 Å². The van der Waals surface area contributed by atoms with Gasteiger partial charge in [-0.1, -0.05) is 61.2 Å². The summed E-state index contributed by atoms with van der Waals surface area (Å²) >= 11 is 0. The minimum Gasteiger partial charge on any atom is -0.384 e. The summed E-state index contributed by atoms with van der Waals surface area (Å²) in [5, 5.41) is 11.9. The van der Waals surface area contributed by atoms with Crippen molar-refractivity contribution in [2.24, 2.45) is 0 Å². The molecule has 0 spiro atoms. The summed E-state index contributed by atoms with van der Waals surface area (Å²) in [6.45, 7) is 7.00. The van der Waals surface area contributed by atoms with Crippen molar-refractivity contribution in [3.63, 3.8) is 0 Å². The highest BCUT2D eigenvalue weighted by molar-refractivity contribution is 6.88. The Morgan fingerprint density at radius 1 is 0.810 bits per heavy atom. The third kappa shape index (κ3) is 3.74. The van der Waals surface area contributed by atoms with E-state index in [0.717, 1.165) is 16.8 Å². The normalized spacial score (nSPS) is 13.0. The molecule has 2 aromatic carbocycles. The van der Waals surface area contributed by atoms with Gasteiger partial charge < -0.3 is 10.0 Å². The molecule has 0 radical (unpaired) electrons. The van der Waals surface area contributed by atoms with Crippen molar-refractivity contribution in [1.29, 1.82) is 0 Å². The second kappa shape index (κ2) is 6.04. The first kappa shape index (κ1) is 15.8. The topological polar surface area (TPSA) is 23.5 Å². The van der Waals surface area contributed by atoms with Crippen LogP contribution in [0.1, 0.15) is 17.2 Å². The molecule has 1 atom stereocenters. The third-order valence-electron chi connectivity index (χ3n) is 3.82. The second-order valence-electron chi connectivity index (χ2n) is 6.76. The van der Waals surface area contributed by atoms with E-state index < -0.39 is 14.2 Å². The van der Waals surface area contributed by atoms with E-state index in [1.807, 2.05) is 38.4 Å². The van der Waals surface area contributed by atoms with E-state index in [1.54, 1.807) is 0 Å². The Morgan fingerprint density at radius 3 is 1.62 bits per heavy atom. The predicted octanol–water partition coefficient (Wildman–Crippen LogP) is 3.38. The van der Waals surface area contributed by atoms with E-state index in [2.05, 4.69) is 48.8 Å². The first-order valence-corrected chi connectivity index (χ1v) is 10.8. The summed E-state index contributed by atoms with van der Waals surface area (Å²) in [5.74, 6) is 0. The zero-order valence-electron chi connectivity index (χ0n) is 13.6. The molecule has 21 heavy (non-hydrogen) atoms. The Labute approximate surface area is 129 Å². The van der Waals surface area contributed by atoms with Gasteiger partial charge in [0.05, 0.1) is 8.07 Å². The molecule has 112 valence electrons. The fraction of sp³-hybridized carbons (Fsp3) is 0.333. The highest BCUT2D eigenvalue weighted by Gasteiger charge is 2.17. The highest BCUT2D eigenvalue weighted by Crippen LogP contribution is 2.23. The lowest BCUT2D eigenvalue weighted by atomic mass is 10.0. The molecule has 2 nitrogen and oxygen atoms in total. The van der Waals surface area contributed by atoms with E-state index in [-0.39, 0.29) is 0 Å². The first-order valence-electron chi connectivity index (χ1n) is 7.35. The Kier molecular flexibility index (Phi) is 4.54. The Hall–Kier alpha value is -1.58. The summed E-state index contributed by atoms with van der Waals surface area (Å²) < 4.78 is 0. The maximum absolute atomic E-state index is 10.5. The molecule has 1 unspecified atom stereocenters. The summed E-state index contributed by atoms with van der Waals surface area (Å²) in [7, 11) is 2.75. The van der Waals surface area contributed by atoms with Crippen molar-refractivity contribution < 1.29 is 5.11 Å². The van der Waals surface area contributed by atoms with Gasteiger partial charge in [-0.2, -0.15) is 0 Å². The number of hydrogen-bond acceptors (Lipinski definition) is 2. The zero-order valence-corrected chi connectivity index (χ0v) is 14.6.